The van der Waals surface area contributed by atoms with Crippen LogP contribution in [-0.4, -0.2) is 24.8 Å². The van der Waals surface area contributed by atoms with Gasteiger partial charge in [0, 0.05) is 19.0 Å². The van der Waals surface area contributed by atoms with E-state index in [0.29, 0.717) is 13.0 Å². The summed E-state index contributed by atoms with van der Waals surface area (Å²) in [6, 6.07) is 31.6. The number of carbonyl (C=O) groups excluding carboxylic acids is 1. The van der Waals surface area contributed by atoms with Crippen LogP contribution in [0.3, 0.4) is 0 Å². The van der Waals surface area contributed by atoms with Crippen molar-refractivity contribution in [3.8, 4) is 0 Å². The third kappa shape index (κ3) is 3.27. The second-order valence-corrected chi connectivity index (χ2v) is 7.16. The molecule has 3 aromatic carbocycles. The van der Waals surface area contributed by atoms with Crippen LogP contribution in [0.25, 0.3) is 0 Å². The monoisotopic (exact) mass is 372 g/mol. The van der Waals surface area contributed by atoms with Gasteiger partial charge in [-0.1, -0.05) is 91.0 Å². The molecule has 0 radical (unpaired) electrons. The van der Waals surface area contributed by atoms with Crippen LogP contribution in [0.5, 0.6) is 0 Å². The van der Waals surface area contributed by atoms with E-state index in [-0.39, 0.29) is 12.1 Å². The van der Waals surface area contributed by atoms with Crippen LogP contribution in [0.4, 0.5) is 4.79 Å². The fourth-order valence-corrected chi connectivity index (χ4v) is 4.49. The molecule has 0 spiro atoms. The highest BCUT2D eigenvalue weighted by atomic mass is 16.6. The Balaban J connectivity index is 1.91. The first-order valence-corrected chi connectivity index (χ1v) is 9.57. The number of ether oxygens (including phenoxy) is 1. The molecule has 2 atom stereocenters. The normalized spacial score (nSPS) is 19.3. The van der Waals surface area contributed by atoms with E-state index >= 15 is 0 Å². The van der Waals surface area contributed by atoms with Gasteiger partial charge in [-0.25, -0.2) is 4.79 Å². The van der Waals surface area contributed by atoms with Crippen LogP contribution in [0.2, 0.25) is 0 Å². The molecule has 1 unspecified atom stereocenters. The van der Waals surface area contributed by atoms with Gasteiger partial charge in [0.15, 0.2) is 0 Å². The highest BCUT2D eigenvalue weighted by Gasteiger charge is 2.47. The average Bonchev–Trinajstić information content (AvgIpc) is 3.19. The molecule has 0 bridgehead atoms. The Labute approximate surface area is 165 Å². The molecule has 3 N–H and O–H groups in total. The van der Waals surface area contributed by atoms with E-state index in [1.54, 1.807) is 0 Å². The number of nitrogens with two attached hydrogens (primary N) is 1. The third-order valence-electron chi connectivity index (χ3n) is 5.58. The minimum absolute atomic E-state index is 0.0454. The van der Waals surface area contributed by atoms with Gasteiger partial charge in [-0.15, -0.1) is 0 Å². The van der Waals surface area contributed by atoms with E-state index in [0.717, 1.165) is 0 Å². The van der Waals surface area contributed by atoms with Crippen molar-refractivity contribution >= 4 is 6.09 Å². The number of rotatable bonds is 5. The molecule has 1 heterocycles. The summed E-state index contributed by atoms with van der Waals surface area (Å²) < 4.78 is 5.32. The topological polar surface area (TPSA) is 64.4 Å². The summed E-state index contributed by atoms with van der Waals surface area (Å²) in [6.07, 6.45) is -0.281. The molecule has 1 saturated heterocycles. The maximum atomic E-state index is 11.3. The molecule has 0 aromatic heterocycles. The molecular weight excluding hydrogens is 348 g/mol. The number of carbonyl (C=O) groups is 1. The maximum absolute atomic E-state index is 11.3. The maximum Gasteiger partial charge on any atom is 0.404 e. The van der Waals surface area contributed by atoms with E-state index in [9.17, 15) is 4.79 Å². The lowest BCUT2D eigenvalue weighted by Crippen LogP contribution is -2.47. The lowest BCUT2D eigenvalue weighted by atomic mass is 9.64. The van der Waals surface area contributed by atoms with Crippen molar-refractivity contribution in [1.82, 2.24) is 5.32 Å². The van der Waals surface area contributed by atoms with Gasteiger partial charge >= 0.3 is 6.09 Å². The van der Waals surface area contributed by atoms with E-state index in [1.165, 1.54) is 16.7 Å². The molecule has 0 aliphatic carbocycles. The number of amides is 1. The molecule has 3 aromatic rings. The average molecular weight is 372 g/mol. The van der Waals surface area contributed by atoms with Crippen LogP contribution >= 0.6 is 0 Å². The Kier molecular flexibility index (Phi) is 5.13. The van der Waals surface area contributed by atoms with Gasteiger partial charge < -0.3 is 15.8 Å². The summed E-state index contributed by atoms with van der Waals surface area (Å²) in [6.45, 7) is 0.585. The number of hydrogen-bond donors (Lipinski definition) is 2. The predicted octanol–water partition coefficient (Wildman–Crippen LogP) is 3.85. The van der Waals surface area contributed by atoms with Gasteiger partial charge in [-0.2, -0.15) is 0 Å². The van der Waals surface area contributed by atoms with Gasteiger partial charge in [-0.3, -0.25) is 0 Å². The predicted molar refractivity (Wildman–Crippen MR) is 110 cm³/mol. The summed E-state index contributed by atoms with van der Waals surface area (Å²) in [7, 11) is 0. The fourth-order valence-electron chi connectivity index (χ4n) is 4.49. The van der Waals surface area contributed by atoms with E-state index in [1.807, 2.05) is 18.2 Å². The molecular formula is C24H24N2O2. The van der Waals surface area contributed by atoms with Gasteiger partial charge in [0.25, 0.3) is 0 Å². The van der Waals surface area contributed by atoms with Gasteiger partial charge in [-0.05, 0) is 16.7 Å². The van der Waals surface area contributed by atoms with E-state index in [2.05, 4.69) is 78.1 Å². The molecule has 1 aliphatic rings. The van der Waals surface area contributed by atoms with Crippen LogP contribution in [-0.2, 0) is 10.2 Å². The largest absolute Gasteiger partial charge is 0.445 e. The summed E-state index contributed by atoms with van der Waals surface area (Å²) in [5.74, 6) is 0. The Morgan fingerprint density at radius 3 is 1.64 bits per heavy atom. The molecule has 142 valence electrons. The van der Waals surface area contributed by atoms with E-state index in [4.69, 9.17) is 10.5 Å². The summed E-state index contributed by atoms with van der Waals surface area (Å²) >= 11 is 0. The summed E-state index contributed by atoms with van der Waals surface area (Å²) in [4.78, 5) is 11.3. The SMILES string of the molecule is NC(=O)O[C@H]1CNC(C(c2ccccc2)(c2ccccc2)c2ccccc2)C1. The molecule has 1 amide bonds. The van der Waals surface area contributed by atoms with Crippen molar-refractivity contribution in [3.05, 3.63) is 108 Å². The first-order chi connectivity index (χ1) is 13.7. The van der Waals surface area contributed by atoms with Gasteiger partial charge in [0.2, 0.25) is 0 Å². The molecule has 1 aliphatic heterocycles. The number of benzene rings is 3. The van der Waals surface area contributed by atoms with Crippen LogP contribution in [0.1, 0.15) is 23.1 Å². The summed E-state index contributed by atoms with van der Waals surface area (Å²) in [5, 5.41) is 3.62. The molecule has 4 nitrogen and oxygen atoms in total. The van der Waals surface area contributed by atoms with Crippen molar-refractivity contribution < 1.29 is 9.53 Å². The Hall–Kier alpha value is -3.11. The quantitative estimate of drug-likeness (QED) is 0.669. The number of primary amides is 1. The Morgan fingerprint density at radius 2 is 1.25 bits per heavy atom. The number of nitrogens with one attached hydrogen (secondary N) is 1. The highest BCUT2D eigenvalue weighted by Crippen LogP contribution is 2.44. The lowest BCUT2D eigenvalue weighted by molar-refractivity contribution is 0.114. The molecule has 0 saturated carbocycles. The summed E-state index contributed by atoms with van der Waals surface area (Å²) in [5.41, 5.74) is 8.45. The Bertz CT molecular complexity index is 816. The zero-order valence-corrected chi connectivity index (χ0v) is 15.6. The fraction of sp³-hybridized carbons (Fsp3) is 0.208. The third-order valence-corrected chi connectivity index (χ3v) is 5.58. The van der Waals surface area contributed by atoms with Gasteiger partial charge in [0.05, 0.1) is 5.41 Å². The van der Waals surface area contributed by atoms with Gasteiger partial charge in [0.1, 0.15) is 6.10 Å². The first-order valence-electron chi connectivity index (χ1n) is 9.57. The van der Waals surface area contributed by atoms with Crippen LogP contribution in [0, 0.1) is 0 Å². The van der Waals surface area contributed by atoms with Crippen molar-refractivity contribution in [3.63, 3.8) is 0 Å². The molecule has 1 fully saturated rings. The minimum atomic E-state index is -0.725. The smallest absolute Gasteiger partial charge is 0.404 e. The van der Waals surface area contributed by atoms with Crippen molar-refractivity contribution in [2.75, 3.05) is 6.54 Å². The second kappa shape index (κ2) is 7.87. The first kappa shape index (κ1) is 18.3. The Morgan fingerprint density at radius 1 is 0.821 bits per heavy atom. The molecule has 4 heteroatoms. The molecule has 4 rings (SSSR count). The van der Waals surface area contributed by atoms with Crippen LogP contribution < -0.4 is 11.1 Å². The van der Waals surface area contributed by atoms with Crippen molar-refractivity contribution in [1.29, 1.82) is 0 Å². The standard InChI is InChI=1S/C24H24N2O2/c25-23(27)28-21-16-22(26-17-21)24(18-10-4-1-5-11-18,19-12-6-2-7-13-19)20-14-8-3-9-15-20/h1-15,21-22,26H,16-17H2,(H2,25,27)/t21-,22?/m1/s1. The zero-order valence-electron chi connectivity index (χ0n) is 15.6. The van der Waals surface area contributed by atoms with Crippen LogP contribution in [0.15, 0.2) is 91.0 Å². The highest BCUT2D eigenvalue weighted by molar-refractivity contribution is 5.65. The lowest BCUT2D eigenvalue weighted by Gasteiger charge is -2.41. The second-order valence-electron chi connectivity index (χ2n) is 7.16. The zero-order chi connectivity index (χ0) is 19.4. The van der Waals surface area contributed by atoms with Crippen molar-refractivity contribution in [2.45, 2.75) is 24.0 Å². The van der Waals surface area contributed by atoms with Crippen molar-refractivity contribution in [2.24, 2.45) is 5.73 Å². The number of hydrogen-bond acceptors (Lipinski definition) is 3. The minimum Gasteiger partial charge on any atom is -0.445 e. The molecule has 28 heavy (non-hydrogen) atoms. The van der Waals surface area contributed by atoms with E-state index < -0.39 is 11.5 Å².